The summed E-state index contributed by atoms with van der Waals surface area (Å²) in [5.74, 6) is -0.720. The highest BCUT2D eigenvalue weighted by molar-refractivity contribution is 5.80. The van der Waals surface area contributed by atoms with Gasteiger partial charge in [-0.25, -0.2) is 0 Å². The van der Waals surface area contributed by atoms with E-state index in [1.807, 2.05) is 0 Å². The summed E-state index contributed by atoms with van der Waals surface area (Å²) in [5, 5.41) is 75.3. The Bertz CT molecular complexity index is 960. The van der Waals surface area contributed by atoms with E-state index in [-0.39, 0.29) is 12.8 Å². The van der Waals surface area contributed by atoms with Crippen molar-refractivity contribution in [2.45, 2.75) is 210 Å². The smallest absolute Gasteiger partial charge is 0.249 e. The van der Waals surface area contributed by atoms with E-state index < -0.39 is 74.2 Å². The zero-order chi connectivity index (χ0) is 39.1. The number of unbranched alkanes of at least 4 members (excludes halogenated alkanes) is 15. The number of carbonyl (C=O) groups excluding carboxylic acids is 1. The van der Waals surface area contributed by atoms with Gasteiger partial charge in [0.2, 0.25) is 5.91 Å². The van der Waals surface area contributed by atoms with Gasteiger partial charge in [-0.1, -0.05) is 115 Å². The summed E-state index contributed by atoms with van der Waals surface area (Å²) in [6, 6.07) is -1.19. The van der Waals surface area contributed by atoms with Gasteiger partial charge in [-0.05, 0) is 77.0 Å². The third kappa shape index (κ3) is 23.1. The highest BCUT2D eigenvalue weighted by atomic mass is 16.7. The van der Waals surface area contributed by atoms with Gasteiger partial charge in [-0.3, -0.25) is 4.79 Å². The molecular formula is C42H77NO10. The lowest BCUT2D eigenvalue weighted by atomic mass is 9.98. The molecule has 0 radical (unpaired) electrons. The van der Waals surface area contributed by atoms with Crippen LogP contribution in [0.1, 0.15) is 155 Å². The number of aliphatic hydroxyl groups is 7. The number of hydrogen-bond acceptors (Lipinski definition) is 10. The van der Waals surface area contributed by atoms with Crippen molar-refractivity contribution >= 4 is 5.91 Å². The van der Waals surface area contributed by atoms with Crippen molar-refractivity contribution in [2.75, 3.05) is 13.2 Å². The largest absolute Gasteiger partial charge is 0.394 e. The molecule has 0 aliphatic carbocycles. The van der Waals surface area contributed by atoms with E-state index in [9.17, 15) is 40.5 Å². The Labute approximate surface area is 320 Å². The number of nitrogens with one attached hydrogen (secondary N) is 1. The number of ether oxygens (including phenoxy) is 2. The summed E-state index contributed by atoms with van der Waals surface area (Å²) in [6.07, 6.45) is 23.4. The van der Waals surface area contributed by atoms with Crippen LogP contribution in [0.4, 0.5) is 0 Å². The predicted molar refractivity (Wildman–Crippen MR) is 210 cm³/mol. The van der Waals surface area contributed by atoms with E-state index in [0.29, 0.717) is 19.3 Å². The molecule has 9 atom stereocenters. The van der Waals surface area contributed by atoms with Crippen molar-refractivity contribution in [3.05, 3.63) is 36.5 Å². The molecule has 0 aromatic carbocycles. The van der Waals surface area contributed by atoms with Gasteiger partial charge in [0.1, 0.15) is 36.6 Å². The summed E-state index contributed by atoms with van der Waals surface area (Å²) >= 11 is 0. The van der Waals surface area contributed by atoms with E-state index in [0.717, 1.165) is 64.2 Å². The molecule has 11 nitrogen and oxygen atoms in total. The Morgan fingerprint density at radius 1 is 0.642 bits per heavy atom. The van der Waals surface area contributed by atoms with Gasteiger partial charge in [-0.2, -0.15) is 0 Å². The molecule has 0 spiro atoms. The number of hydrogen-bond donors (Lipinski definition) is 8. The third-order valence-electron chi connectivity index (χ3n) is 9.89. The van der Waals surface area contributed by atoms with E-state index in [1.54, 1.807) is 0 Å². The first-order valence-corrected chi connectivity index (χ1v) is 20.9. The average molecular weight is 756 g/mol. The second-order valence-electron chi connectivity index (χ2n) is 14.7. The fraction of sp³-hybridized carbons (Fsp3) is 0.833. The van der Waals surface area contributed by atoms with Crippen LogP contribution in [0.2, 0.25) is 0 Å². The maximum absolute atomic E-state index is 13.0. The van der Waals surface area contributed by atoms with Crippen LogP contribution in [0.15, 0.2) is 36.5 Å². The average Bonchev–Trinajstić information content (AvgIpc) is 3.16. The minimum Gasteiger partial charge on any atom is -0.394 e. The second-order valence-corrected chi connectivity index (χ2v) is 14.7. The maximum atomic E-state index is 13.0. The molecule has 1 saturated heterocycles. The van der Waals surface area contributed by atoms with E-state index in [4.69, 9.17) is 9.47 Å². The molecule has 53 heavy (non-hydrogen) atoms. The lowest BCUT2D eigenvalue weighted by molar-refractivity contribution is -0.303. The standard InChI is InChI=1S/C42H77NO10/c1-3-5-7-9-11-13-15-17-18-20-22-24-26-28-30-35(46)41(51)43-33(32-52-42-40(50)39(49)38(48)36(31-44)53-42)37(47)34(45)29-27-25-23-21-19-16-14-12-10-8-6-4-2/h12-15,21,23,33-40,42,44-50H,3-11,16-20,22,24-32H2,1-2H3,(H,43,51)/b14-12+,15-13-,23-21+. The summed E-state index contributed by atoms with van der Waals surface area (Å²) in [5.41, 5.74) is 0. The highest BCUT2D eigenvalue weighted by Gasteiger charge is 2.44. The highest BCUT2D eigenvalue weighted by Crippen LogP contribution is 2.23. The Morgan fingerprint density at radius 3 is 1.72 bits per heavy atom. The fourth-order valence-electron chi connectivity index (χ4n) is 6.33. The van der Waals surface area contributed by atoms with Gasteiger partial charge in [0.15, 0.2) is 6.29 Å². The Hall–Kier alpha value is -1.67. The van der Waals surface area contributed by atoms with Crippen molar-refractivity contribution in [1.29, 1.82) is 0 Å². The Balaban J connectivity index is 2.56. The molecule has 1 heterocycles. The van der Waals surface area contributed by atoms with Crippen LogP contribution in [-0.2, 0) is 14.3 Å². The van der Waals surface area contributed by atoms with Gasteiger partial charge < -0.3 is 50.5 Å². The number of amides is 1. The molecule has 0 aromatic rings. The lowest BCUT2D eigenvalue weighted by Gasteiger charge is -2.40. The van der Waals surface area contributed by atoms with Crippen LogP contribution in [0.3, 0.4) is 0 Å². The molecule has 1 aliphatic rings. The van der Waals surface area contributed by atoms with Crippen LogP contribution in [0.5, 0.6) is 0 Å². The lowest BCUT2D eigenvalue weighted by Crippen LogP contribution is -2.60. The number of allylic oxidation sites excluding steroid dienone is 6. The molecule has 9 unspecified atom stereocenters. The Kier molecular flexibility index (Phi) is 30.3. The topological polar surface area (TPSA) is 189 Å². The predicted octanol–water partition coefficient (Wildman–Crippen LogP) is 5.66. The van der Waals surface area contributed by atoms with Crippen molar-refractivity contribution in [1.82, 2.24) is 5.32 Å². The van der Waals surface area contributed by atoms with Gasteiger partial charge in [0.25, 0.3) is 0 Å². The first kappa shape index (κ1) is 49.3. The molecule has 0 bridgehead atoms. The first-order chi connectivity index (χ1) is 25.7. The zero-order valence-corrected chi connectivity index (χ0v) is 33.0. The van der Waals surface area contributed by atoms with Crippen LogP contribution in [0, 0.1) is 0 Å². The molecule has 1 fully saturated rings. The van der Waals surface area contributed by atoms with Gasteiger partial charge >= 0.3 is 0 Å². The molecule has 0 aromatic heterocycles. The number of carbonyl (C=O) groups is 1. The molecular weight excluding hydrogens is 678 g/mol. The van der Waals surface area contributed by atoms with Crippen LogP contribution in [0.25, 0.3) is 0 Å². The van der Waals surface area contributed by atoms with Gasteiger partial charge in [0.05, 0.1) is 25.4 Å². The maximum Gasteiger partial charge on any atom is 0.249 e. The molecule has 8 N–H and O–H groups in total. The third-order valence-corrected chi connectivity index (χ3v) is 9.89. The van der Waals surface area contributed by atoms with Gasteiger partial charge in [-0.15, -0.1) is 0 Å². The minimum absolute atomic E-state index is 0.243. The monoisotopic (exact) mass is 756 g/mol. The van der Waals surface area contributed by atoms with E-state index in [1.165, 1.54) is 44.9 Å². The van der Waals surface area contributed by atoms with Crippen molar-refractivity contribution in [3.63, 3.8) is 0 Å². The summed E-state index contributed by atoms with van der Waals surface area (Å²) in [7, 11) is 0. The molecule has 11 heteroatoms. The molecule has 0 saturated carbocycles. The molecule has 1 rings (SSSR count). The Morgan fingerprint density at radius 2 is 1.13 bits per heavy atom. The summed E-state index contributed by atoms with van der Waals surface area (Å²) < 4.78 is 11.0. The molecule has 1 amide bonds. The summed E-state index contributed by atoms with van der Waals surface area (Å²) in [6.45, 7) is 3.33. The number of aliphatic hydroxyl groups excluding tert-OH is 7. The summed E-state index contributed by atoms with van der Waals surface area (Å²) in [4.78, 5) is 13.0. The van der Waals surface area contributed by atoms with E-state index >= 15 is 0 Å². The van der Waals surface area contributed by atoms with Crippen molar-refractivity contribution in [2.24, 2.45) is 0 Å². The van der Waals surface area contributed by atoms with Crippen LogP contribution in [-0.4, -0.2) is 110 Å². The number of rotatable bonds is 33. The minimum atomic E-state index is -1.67. The molecule has 1 aliphatic heterocycles. The SMILES string of the molecule is CCCCC/C=C/CC/C=C/CCCC(O)C(O)C(COC1OC(CO)C(O)C(O)C1O)NC(=O)C(O)CCCCCCCC/C=C\CCCCCC. The van der Waals surface area contributed by atoms with Crippen LogP contribution >= 0.6 is 0 Å². The fourth-order valence-corrected chi connectivity index (χ4v) is 6.33. The quantitative estimate of drug-likeness (QED) is 0.0307. The normalized spacial score (nSPS) is 23.2. The van der Waals surface area contributed by atoms with Crippen LogP contribution < -0.4 is 5.32 Å². The first-order valence-electron chi connectivity index (χ1n) is 20.9. The second kappa shape index (κ2) is 32.6. The molecule has 310 valence electrons. The van der Waals surface area contributed by atoms with Gasteiger partial charge in [0, 0.05) is 0 Å². The van der Waals surface area contributed by atoms with Crippen molar-refractivity contribution < 1.29 is 50.0 Å². The van der Waals surface area contributed by atoms with Crippen molar-refractivity contribution in [3.8, 4) is 0 Å². The van der Waals surface area contributed by atoms with E-state index in [2.05, 4.69) is 55.6 Å². The zero-order valence-electron chi connectivity index (χ0n) is 33.0.